The number of hydrogen-bond acceptors (Lipinski definition) is 3. The van der Waals surface area contributed by atoms with Crippen molar-refractivity contribution in [3.05, 3.63) is 219 Å². The van der Waals surface area contributed by atoms with Crippen molar-refractivity contribution in [1.29, 1.82) is 0 Å². The number of nitrogens with zero attached hydrogens (tertiary/aromatic N) is 4. The second-order valence-electron chi connectivity index (χ2n) is 15.6. The van der Waals surface area contributed by atoms with E-state index < -0.39 is 0 Å². The van der Waals surface area contributed by atoms with Gasteiger partial charge >= 0.3 is 0 Å². The van der Waals surface area contributed by atoms with Crippen LogP contribution in [0.25, 0.3) is 116 Å². The van der Waals surface area contributed by atoms with Gasteiger partial charge in [-0.15, -0.1) is 0 Å². The molecular formula is C57H36N4. The molecule has 4 heteroatoms. The lowest BCUT2D eigenvalue weighted by atomic mass is 9.90. The van der Waals surface area contributed by atoms with Gasteiger partial charge in [0, 0.05) is 50.9 Å². The number of rotatable bonds is 6. The lowest BCUT2D eigenvalue weighted by molar-refractivity contribution is 1.18. The van der Waals surface area contributed by atoms with E-state index in [0.717, 1.165) is 50.5 Å². The summed E-state index contributed by atoms with van der Waals surface area (Å²) in [7, 11) is 0. The smallest absolute Gasteiger partial charge is 0.160 e. The quantitative estimate of drug-likeness (QED) is 0.158. The van der Waals surface area contributed by atoms with Gasteiger partial charge in [-0.1, -0.05) is 158 Å². The van der Waals surface area contributed by atoms with Crippen molar-refractivity contribution in [3.63, 3.8) is 0 Å². The molecule has 0 aliphatic carbocycles. The van der Waals surface area contributed by atoms with Crippen LogP contribution in [-0.4, -0.2) is 19.5 Å². The summed E-state index contributed by atoms with van der Waals surface area (Å²) in [6.07, 6.45) is 3.64. The van der Waals surface area contributed by atoms with Crippen molar-refractivity contribution in [2.45, 2.75) is 0 Å². The lowest BCUT2D eigenvalue weighted by Crippen LogP contribution is -1.96. The van der Waals surface area contributed by atoms with Crippen LogP contribution in [-0.2, 0) is 0 Å². The number of fused-ring (bicyclic) bond motifs is 10. The van der Waals surface area contributed by atoms with Crippen molar-refractivity contribution in [3.8, 4) is 61.8 Å². The highest BCUT2D eigenvalue weighted by molar-refractivity contribution is 6.35. The van der Waals surface area contributed by atoms with Crippen molar-refractivity contribution < 1.29 is 0 Å². The van der Waals surface area contributed by atoms with Crippen LogP contribution >= 0.6 is 0 Å². The molecule has 4 nitrogen and oxygen atoms in total. The van der Waals surface area contributed by atoms with E-state index >= 15 is 0 Å². The first-order valence-electron chi connectivity index (χ1n) is 20.7. The van der Waals surface area contributed by atoms with Gasteiger partial charge in [0.25, 0.3) is 0 Å². The highest BCUT2D eigenvalue weighted by atomic mass is 15.0. The second kappa shape index (κ2) is 14.3. The van der Waals surface area contributed by atoms with E-state index in [1.807, 2.05) is 30.6 Å². The SMILES string of the molecule is c1ccc(-c2cc(-c3ccc(-c4ccc5c(c4)c4ccccc4c4ccc6c(c7ccccc7n6-c6ccccc6)c45)cc3)nc(-c3ccc(-c4ccncc4)cc3)n2)cc1. The minimum Gasteiger partial charge on any atom is -0.309 e. The van der Waals surface area contributed by atoms with E-state index in [9.17, 15) is 0 Å². The maximum absolute atomic E-state index is 5.15. The molecule has 12 rings (SSSR count). The monoisotopic (exact) mass is 776 g/mol. The van der Waals surface area contributed by atoms with Gasteiger partial charge in [0.2, 0.25) is 0 Å². The molecule has 0 radical (unpaired) electrons. The van der Waals surface area contributed by atoms with Gasteiger partial charge in [-0.05, 0) is 97.7 Å². The molecule has 0 amide bonds. The number of para-hydroxylation sites is 2. The Morgan fingerprint density at radius 1 is 0.295 bits per heavy atom. The van der Waals surface area contributed by atoms with E-state index in [-0.39, 0.29) is 0 Å². The summed E-state index contributed by atoms with van der Waals surface area (Å²) in [4.78, 5) is 14.4. The van der Waals surface area contributed by atoms with Crippen LogP contribution < -0.4 is 0 Å². The van der Waals surface area contributed by atoms with Crippen LogP contribution in [0, 0.1) is 0 Å². The average Bonchev–Trinajstić information content (AvgIpc) is 3.69. The van der Waals surface area contributed by atoms with Gasteiger partial charge in [0.05, 0.1) is 22.4 Å². The normalized spacial score (nSPS) is 11.6. The predicted octanol–water partition coefficient (Wildman–Crippen LogP) is 14.8. The van der Waals surface area contributed by atoms with Crippen molar-refractivity contribution in [2.75, 3.05) is 0 Å². The van der Waals surface area contributed by atoms with Crippen molar-refractivity contribution in [2.24, 2.45) is 0 Å². The molecule has 0 saturated heterocycles. The molecule has 0 unspecified atom stereocenters. The zero-order valence-corrected chi connectivity index (χ0v) is 33.1. The lowest BCUT2D eigenvalue weighted by Gasteiger charge is -2.14. The number of pyridine rings is 1. The molecular weight excluding hydrogens is 741 g/mol. The number of aromatic nitrogens is 4. The van der Waals surface area contributed by atoms with E-state index in [1.165, 1.54) is 59.7 Å². The molecule has 0 aliphatic rings. The van der Waals surface area contributed by atoms with Gasteiger partial charge in [-0.3, -0.25) is 4.98 Å². The van der Waals surface area contributed by atoms with Gasteiger partial charge < -0.3 is 4.57 Å². The first-order chi connectivity index (χ1) is 30.2. The van der Waals surface area contributed by atoms with Gasteiger partial charge in [-0.2, -0.15) is 0 Å². The Bertz CT molecular complexity index is 3600. The third-order valence-corrected chi connectivity index (χ3v) is 12.1. The fourth-order valence-electron chi connectivity index (χ4n) is 9.21. The van der Waals surface area contributed by atoms with Crippen molar-refractivity contribution >= 4 is 54.1 Å². The maximum Gasteiger partial charge on any atom is 0.160 e. The molecule has 12 aromatic rings. The van der Waals surface area contributed by atoms with E-state index in [4.69, 9.17) is 9.97 Å². The molecule has 284 valence electrons. The molecule has 61 heavy (non-hydrogen) atoms. The first-order valence-corrected chi connectivity index (χ1v) is 20.7. The molecule has 0 saturated carbocycles. The third-order valence-electron chi connectivity index (χ3n) is 12.1. The first kappa shape index (κ1) is 34.8. The minimum absolute atomic E-state index is 0.691. The van der Waals surface area contributed by atoms with Crippen molar-refractivity contribution in [1.82, 2.24) is 19.5 Å². The third kappa shape index (κ3) is 5.88. The summed E-state index contributed by atoms with van der Waals surface area (Å²) in [6.45, 7) is 0. The van der Waals surface area contributed by atoms with Crippen LogP contribution in [0.5, 0.6) is 0 Å². The number of hydrogen-bond donors (Lipinski definition) is 0. The summed E-state index contributed by atoms with van der Waals surface area (Å²) >= 11 is 0. The summed E-state index contributed by atoms with van der Waals surface area (Å²) in [6, 6.07) is 73.8. The molecule has 0 fully saturated rings. The van der Waals surface area contributed by atoms with Crippen LogP contribution in [0.3, 0.4) is 0 Å². The van der Waals surface area contributed by atoms with E-state index in [0.29, 0.717) is 5.82 Å². The molecule has 9 aromatic carbocycles. The molecule has 3 heterocycles. The standard InChI is InChI=1S/C57H36N4/c1-3-11-40(12-4-1)51-36-52(60-57(59-51)42-25-21-37(22-26-42)39-31-33-58-34-32-39)41-23-19-38(20-24-41)43-27-28-48-50(35-43)46-16-8-7-15-45(46)47-29-30-54-56(55(47)48)49-17-9-10-18-53(49)61(54)44-13-5-2-6-14-44/h1-36H. The zero-order valence-electron chi connectivity index (χ0n) is 33.1. The molecule has 0 N–H and O–H groups in total. The molecule has 3 aromatic heterocycles. The Balaban J connectivity index is 0.984. The van der Waals surface area contributed by atoms with Crippen LogP contribution in [0.15, 0.2) is 219 Å². The van der Waals surface area contributed by atoms with Crippen LogP contribution in [0.1, 0.15) is 0 Å². The Labute approximate surface area is 352 Å². The maximum atomic E-state index is 5.15. The summed E-state index contributed by atoms with van der Waals surface area (Å²) in [5.41, 5.74) is 13.0. The van der Waals surface area contributed by atoms with Gasteiger partial charge in [0.15, 0.2) is 5.82 Å². The van der Waals surface area contributed by atoms with Gasteiger partial charge in [0.1, 0.15) is 0 Å². The van der Waals surface area contributed by atoms with E-state index in [1.54, 1.807) is 0 Å². The Kier molecular flexibility index (Phi) is 8.13. The fraction of sp³-hybridized carbons (Fsp3) is 0. The summed E-state index contributed by atoms with van der Waals surface area (Å²) in [5, 5.41) is 10.1. The molecule has 0 spiro atoms. The molecule has 0 bridgehead atoms. The van der Waals surface area contributed by atoms with Gasteiger partial charge in [-0.25, -0.2) is 9.97 Å². The predicted molar refractivity (Wildman–Crippen MR) is 254 cm³/mol. The topological polar surface area (TPSA) is 43.6 Å². The second-order valence-corrected chi connectivity index (χ2v) is 15.6. The minimum atomic E-state index is 0.691. The fourth-order valence-corrected chi connectivity index (χ4v) is 9.21. The largest absolute Gasteiger partial charge is 0.309 e. The number of benzene rings is 9. The highest BCUT2D eigenvalue weighted by Crippen LogP contribution is 2.44. The average molecular weight is 777 g/mol. The van der Waals surface area contributed by atoms with E-state index in [2.05, 4.69) is 198 Å². The summed E-state index contributed by atoms with van der Waals surface area (Å²) in [5.74, 6) is 0.691. The molecule has 0 aliphatic heterocycles. The Morgan fingerprint density at radius 2 is 0.803 bits per heavy atom. The Morgan fingerprint density at radius 3 is 1.52 bits per heavy atom. The van der Waals surface area contributed by atoms with Crippen LogP contribution in [0.4, 0.5) is 0 Å². The zero-order chi connectivity index (χ0) is 40.3. The summed E-state index contributed by atoms with van der Waals surface area (Å²) < 4.78 is 2.41. The molecule has 0 atom stereocenters. The van der Waals surface area contributed by atoms with Crippen LogP contribution in [0.2, 0.25) is 0 Å². The Hall–Kier alpha value is -8.21. The highest BCUT2D eigenvalue weighted by Gasteiger charge is 2.19.